The van der Waals surface area contributed by atoms with E-state index < -0.39 is 5.54 Å². The minimum Gasteiger partial charge on any atom is -0.352 e. The second-order valence-corrected chi connectivity index (χ2v) is 6.47. The Morgan fingerprint density at radius 3 is 2.32 bits per heavy atom. The van der Waals surface area contributed by atoms with Crippen LogP contribution >= 0.6 is 0 Å². The molecule has 1 rings (SSSR count). The maximum absolute atomic E-state index is 12.1. The summed E-state index contributed by atoms with van der Waals surface area (Å²) in [5.41, 5.74) is 9.42. The molecule has 0 aliphatic carbocycles. The van der Waals surface area contributed by atoms with Gasteiger partial charge in [-0.3, -0.25) is 4.79 Å². The maximum atomic E-state index is 12.1. The molecule has 0 spiro atoms. The zero-order chi connectivity index (χ0) is 16.8. The minimum atomic E-state index is -0.624. The van der Waals surface area contributed by atoms with Crippen LogP contribution in [0.5, 0.6) is 0 Å². The Kier molecular flexibility index (Phi) is 5.97. The summed E-state index contributed by atoms with van der Waals surface area (Å²) in [6.07, 6.45) is 0.844. The van der Waals surface area contributed by atoms with Gasteiger partial charge in [0.15, 0.2) is 0 Å². The smallest absolute Gasteiger partial charge is 0.251 e. The van der Waals surface area contributed by atoms with Crippen molar-refractivity contribution in [3.8, 4) is 0 Å². The molecular weight excluding hydrogens is 278 g/mol. The highest BCUT2D eigenvalue weighted by atomic mass is 16.1. The van der Waals surface area contributed by atoms with Gasteiger partial charge in [-0.25, -0.2) is 0 Å². The molecule has 0 aliphatic rings. The van der Waals surface area contributed by atoms with Crippen LogP contribution in [0.3, 0.4) is 0 Å². The SMILES string of the molecule is CNC(C)(C)CCNC(=O)c1ccc(C(C)(C)N=[N+]=[N-])cc1. The van der Waals surface area contributed by atoms with E-state index in [0.717, 1.165) is 12.0 Å². The lowest BCUT2D eigenvalue weighted by Gasteiger charge is -2.24. The number of nitrogens with zero attached hydrogens (tertiary/aromatic N) is 3. The van der Waals surface area contributed by atoms with Crippen LogP contribution in [0.4, 0.5) is 0 Å². The monoisotopic (exact) mass is 303 g/mol. The third kappa shape index (κ3) is 5.06. The standard InChI is InChI=1S/C16H25N5O/c1-15(2,18-5)10-11-19-14(22)12-6-8-13(9-7-12)16(3,4)20-21-17/h6-9,18H,10-11H2,1-5H3,(H,19,22). The number of azide groups is 1. The Hall–Kier alpha value is -2.04. The van der Waals surface area contributed by atoms with Gasteiger partial charge in [-0.05, 0) is 50.5 Å². The van der Waals surface area contributed by atoms with Crippen LogP contribution < -0.4 is 10.6 Å². The van der Waals surface area contributed by atoms with E-state index in [4.69, 9.17) is 5.53 Å². The van der Waals surface area contributed by atoms with Gasteiger partial charge < -0.3 is 10.6 Å². The molecule has 22 heavy (non-hydrogen) atoms. The molecule has 2 N–H and O–H groups in total. The Bertz CT molecular complexity index is 556. The predicted molar refractivity (Wildman–Crippen MR) is 88.7 cm³/mol. The summed E-state index contributed by atoms with van der Waals surface area (Å²) in [6, 6.07) is 7.15. The van der Waals surface area contributed by atoms with Gasteiger partial charge in [0.05, 0.1) is 5.54 Å². The molecule has 0 aliphatic heterocycles. The Labute approximate surface area is 131 Å². The molecule has 0 unspecified atom stereocenters. The molecule has 0 atom stereocenters. The molecule has 0 saturated carbocycles. The molecule has 1 aromatic carbocycles. The molecule has 0 saturated heterocycles. The van der Waals surface area contributed by atoms with E-state index in [1.165, 1.54) is 0 Å². The number of carbonyl (C=O) groups is 1. The first-order chi connectivity index (χ1) is 10.2. The molecule has 6 nitrogen and oxygen atoms in total. The van der Waals surface area contributed by atoms with Crippen molar-refractivity contribution < 1.29 is 4.79 Å². The normalized spacial score (nSPS) is 11.7. The Morgan fingerprint density at radius 2 is 1.82 bits per heavy atom. The summed E-state index contributed by atoms with van der Waals surface area (Å²) >= 11 is 0. The Balaban J connectivity index is 2.67. The molecule has 0 aromatic heterocycles. The van der Waals surface area contributed by atoms with Crippen molar-refractivity contribution in [3.63, 3.8) is 0 Å². The maximum Gasteiger partial charge on any atom is 0.251 e. The topological polar surface area (TPSA) is 89.9 Å². The molecule has 6 heteroatoms. The number of benzene rings is 1. The lowest BCUT2D eigenvalue weighted by Crippen LogP contribution is -2.40. The fourth-order valence-electron chi connectivity index (χ4n) is 1.91. The van der Waals surface area contributed by atoms with E-state index in [0.29, 0.717) is 12.1 Å². The number of hydrogen-bond donors (Lipinski definition) is 2. The summed E-state index contributed by atoms with van der Waals surface area (Å²) in [6.45, 7) is 8.46. The molecule has 1 amide bonds. The number of carbonyl (C=O) groups excluding carboxylic acids is 1. The third-order valence-corrected chi connectivity index (χ3v) is 3.86. The zero-order valence-corrected chi connectivity index (χ0v) is 14.0. The van der Waals surface area contributed by atoms with Crippen molar-refractivity contribution in [2.45, 2.75) is 45.2 Å². The zero-order valence-electron chi connectivity index (χ0n) is 14.0. The van der Waals surface area contributed by atoms with Crippen LogP contribution in [-0.4, -0.2) is 25.0 Å². The van der Waals surface area contributed by atoms with E-state index in [1.807, 2.05) is 33.0 Å². The molecule has 120 valence electrons. The van der Waals surface area contributed by atoms with Crippen LogP contribution in [0.15, 0.2) is 29.4 Å². The van der Waals surface area contributed by atoms with Gasteiger partial charge in [0.25, 0.3) is 5.91 Å². The third-order valence-electron chi connectivity index (χ3n) is 3.86. The van der Waals surface area contributed by atoms with E-state index >= 15 is 0 Å². The summed E-state index contributed by atoms with van der Waals surface area (Å²) in [5.74, 6) is -0.0972. The Morgan fingerprint density at radius 1 is 1.23 bits per heavy atom. The number of rotatable bonds is 7. The summed E-state index contributed by atoms with van der Waals surface area (Å²) < 4.78 is 0. The second kappa shape index (κ2) is 7.29. The lowest BCUT2D eigenvalue weighted by molar-refractivity contribution is 0.0950. The molecule has 1 aromatic rings. The highest BCUT2D eigenvalue weighted by Crippen LogP contribution is 2.25. The fourth-order valence-corrected chi connectivity index (χ4v) is 1.91. The average Bonchev–Trinajstić information content (AvgIpc) is 2.47. The van der Waals surface area contributed by atoms with Crippen molar-refractivity contribution in [1.82, 2.24) is 10.6 Å². The summed E-state index contributed by atoms with van der Waals surface area (Å²) in [7, 11) is 1.91. The van der Waals surface area contributed by atoms with Gasteiger partial charge in [-0.15, -0.1) is 0 Å². The molecular formula is C16H25N5O. The average molecular weight is 303 g/mol. The molecule has 0 fully saturated rings. The van der Waals surface area contributed by atoms with Crippen LogP contribution in [0, 0.1) is 0 Å². The van der Waals surface area contributed by atoms with Gasteiger partial charge in [-0.2, -0.15) is 0 Å². The largest absolute Gasteiger partial charge is 0.352 e. The first kappa shape index (κ1) is 18.0. The predicted octanol–water partition coefficient (Wildman–Crippen LogP) is 3.35. The van der Waals surface area contributed by atoms with Gasteiger partial charge >= 0.3 is 0 Å². The van der Waals surface area contributed by atoms with Crippen LogP contribution in [0.25, 0.3) is 10.4 Å². The molecule has 0 heterocycles. The van der Waals surface area contributed by atoms with Crippen LogP contribution in [-0.2, 0) is 5.54 Å². The van der Waals surface area contributed by atoms with Crippen molar-refractivity contribution in [2.75, 3.05) is 13.6 Å². The minimum absolute atomic E-state index is 0.00351. The summed E-state index contributed by atoms with van der Waals surface area (Å²) in [5, 5.41) is 9.87. The van der Waals surface area contributed by atoms with Gasteiger partial charge in [0.1, 0.15) is 0 Å². The number of nitrogens with one attached hydrogen (secondary N) is 2. The van der Waals surface area contributed by atoms with E-state index in [-0.39, 0.29) is 11.4 Å². The highest BCUT2D eigenvalue weighted by Gasteiger charge is 2.19. The second-order valence-electron chi connectivity index (χ2n) is 6.47. The quantitative estimate of drug-likeness (QED) is 0.459. The van der Waals surface area contributed by atoms with Crippen molar-refractivity contribution >= 4 is 5.91 Å². The molecule has 0 radical (unpaired) electrons. The van der Waals surface area contributed by atoms with E-state index in [9.17, 15) is 4.79 Å². The van der Waals surface area contributed by atoms with Crippen molar-refractivity contribution in [3.05, 3.63) is 45.8 Å². The number of amides is 1. The van der Waals surface area contributed by atoms with Crippen molar-refractivity contribution in [1.29, 1.82) is 0 Å². The summed E-state index contributed by atoms with van der Waals surface area (Å²) in [4.78, 5) is 14.9. The first-order valence-electron chi connectivity index (χ1n) is 7.36. The molecule has 0 bridgehead atoms. The first-order valence-corrected chi connectivity index (χ1v) is 7.36. The van der Waals surface area contributed by atoms with Gasteiger partial charge in [0, 0.05) is 22.6 Å². The fraction of sp³-hybridized carbons (Fsp3) is 0.562. The van der Waals surface area contributed by atoms with Crippen LogP contribution in [0.1, 0.15) is 50.0 Å². The van der Waals surface area contributed by atoms with Gasteiger partial charge in [0.2, 0.25) is 0 Å². The highest BCUT2D eigenvalue weighted by molar-refractivity contribution is 5.94. The van der Waals surface area contributed by atoms with Crippen LogP contribution in [0.2, 0.25) is 0 Å². The van der Waals surface area contributed by atoms with E-state index in [1.54, 1.807) is 12.1 Å². The lowest BCUT2D eigenvalue weighted by atomic mass is 9.94. The van der Waals surface area contributed by atoms with Gasteiger partial charge in [-0.1, -0.05) is 31.1 Å². The number of hydrogen-bond acceptors (Lipinski definition) is 3. The van der Waals surface area contributed by atoms with Crippen molar-refractivity contribution in [2.24, 2.45) is 5.11 Å². The van der Waals surface area contributed by atoms with E-state index in [2.05, 4.69) is 34.5 Å².